The number of thiocarbonyl (C=S) groups is 1. The van der Waals surface area contributed by atoms with Crippen molar-refractivity contribution in [2.75, 3.05) is 5.73 Å². The van der Waals surface area contributed by atoms with Crippen LogP contribution < -0.4 is 5.73 Å². The summed E-state index contributed by atoms with van der Waals surface area (Å²) in [7, 11) is 0. The molecule has 0 saturated heterocycles. The highest BCUT2D eigenvalue weighted by Gasteiger charge is 2.17. The third-order valence-electron chi connectivity index (χ3n) is 3.04. The van der Waals surface area contributed by atoms with Gasteiger partial charge in [0.2, 0.25) is 0 Å². The Hall–Kier alpha value is -0.800. The van der Waals surface area contributed by atoms with E-state index in [0.29, 0.717) is 15.8 Å². The third kappa shape index (κ3) is 3.33. The molecule has 4 heteroatoms. The van der Waals surface area contributed by atoms with E-state index in [2.05, 4.69) is 0 Å². The minimum Gasteiger partial charge on any atom is -0.480 e. The van der Waals surface area contributed by atoms with Crippen molar-refractivity contribution in [2.24, 2.45) is 0 Å². The minimum absolute atomic E-state index is 0.255. The molecule has 1 aromatic rings. The van der Waals surface area contributed by atoms with E-state index >= 15 is 0 Å². The summed E-state index contributed by atoms with van der Waals surface area (Å²) in [5.41, 5.74) is 7.05. The maximum absolute atomic E-state index is 6.09. The molecule has 17 heavy (non-hydrogen) atoms. The molecule has 2 nitrogen and oxygen atoms in total. The van der Waals surface area contributed by atoms with Crippen molar-refractivity contribution in [1.29, 1.82) is 0 Å². The fourth-order valence-electron chi connectivity index (χ4n) is 2.09. The van der Waals surface area contributed by atoms with Gasteiger partial charge in [0.25, 0.3) is 0 Å². The number of anilines is 1. The number of rotatable bonds is 2. The first kappa shape index (κ1) is 12.7. The number of hydrogen-bond acceptors (Lipinski definition) is 3. The summed E-state index contributed by atoms with van der Waals surface area (Å²) in [5, 5.41) is 1.05. The van der Waals surface area contributed by atoms with Gasteiger partial charge in [0.05, 0.1) is 11.1 Å². The van der Waals surface area contributed by atoms with E-state index in [-0.39, 0.29) is 6.10 Å². The molecule has 1 saturated carbocycles. The van der Waals surface area contributed by atoms with Crippen LogP contribution in [-0.4, -0.2) is 11.2 Å². The van der Waals surface area contributed by atoms with Crippen LogP contribution >= 0.6 is 23.8 Å². The average molecular weight is 270 g/mol. The highest BCUT2D eigenvalue weighted by atomic mass is 35.5. The lowest BCUT2D eigenvalue weighted by atomic mass is 9.98. The number of halogens is 1. The van der Waals surface area contributed by atoms with Gasteiger partial charge in [-0.3, -0.25) is 0 Å². The second kappa shape index (κ2) is 5.69. The maximum atomic E-state index is 6.09. The van der Waals surface area contributed by atoms with E-state index in [0.717, 1.165) is 18.4 Å². The molecule has 92 valence electrons. The largest absolute Gasteiger partial charge is 0.480 e. The third-order valence-corrected chi connectivity index (χ3v) is 3.67. The number of nitrogen functional groups attached to an aromatic ring is 1. The molecule has 1 aliphatic rings. The van der Waals surface area contributed by atoms with Gasteiger partial charge in [-0.2, -0.15) is 0 Å². The first-order valence-corrected chi connectivity index (χ1v) is 6.71. The van der Waals surface area contributed by atoms with Crippen molar-refractivity contribution in [2.45, 2.75) is 38.2 Å². The van der Waals surface area contributed by atoms with Crippen LogP contribution in [0, 0.1) is 0 Å². The van der Waals surface area contributed by atoms with E-state index in [9.17, 15) is 0 Å². The van der Waals surface area contributed by atoms with Gasteiger partial charge in [0, 0.05) is 11.3 Å². The molecule has 0 unspecified atom stereocenters. The maximum Gasteiger partial charge on any atom is 0.192 e. The Morgan fingerprint density at radius 1 is 1.29 bits per heavy atom. The first-order valence-electron chi connectivity index (χ1n) is 5.93. The predicted octanol–water partition coefficient (Wildman–Crippen LogP) is 3.95. The molecule has 1 aliphatic carbocycles. The summed E-state index contributed by atoms with van der Waals surface area (Å²) < 4.78 is 5.80. The molecular weight excluding hydrogens is 254 g/mol. The molecule has 0 atom stereocenters. The fourth-order valence-corrected chi connectivity index (χ4v) is 2.74. The molecule has 2 N–H and O–H groups in total. The number of hydrogen-bond donors (Lipinski definition) is 1. The Morgan fingerprint density at radius 3 is 2.65 bits per heavy atom. The normalized spacial score (nSPS) is 16.8. The number of nitrogens with two attached hydrogens (primary N) is 1. The van der Waals surface area contributed by atoms with Gasteiger partial charge < -0.3 is 10.5 Å². The van der Waals surface area contributed by atoms with Gasteiger partial charge in [-0.25, -0.2) is 0 Å². The summed E-state index contributed by atoms with van der Waals surface area (Å²) >= 11 is 11.4. The summed E-state index contributed by atoms with van der Waals surface area (Å²) in [6.07, 6.45) is 6.19. The molecule has 0 aliphatic heterocycles. The topological polar surface area (TPSA) is 35.2 Å². The highest BCUT2D eigenvalue weighted by Crippen LogP contribution is 2.25. The smallest absolute Gasteiger partial charge is 0.192 e. The van der Waals surface area contributed by atoms with E-state index in [1.165, 1.54) is 19.3 Å². The first-order chi connectivity index (χ1) is 8.16. The van der Waals surface area contributed by atoms with Crippen LogP contribution in [0.25, 0.3) is 0 Å². The molecular formula is C13H16ClNOS. The van der Waals surface area contributed by atoms with E-state index in [1.807, 2.05) is 6.07 Å². The zero-order chi connectivity index (χ0) is 12.3. The minimum atomic E-state index is 0.255. The summed E-state index contributed by atoms with van der Waals surface area (Å²) in [6, 6.07) is 5.31. The van der Waals surface area contributed by atoms with Crippen molar-refractivity contribution in [3.63, 3.8) is 0 Å². The van der Waals surface area contributed by atoms with Crippen LogP contribution in [0.4, 0.5) is 5.69 Å². The number of ether oxygens (including phenoxy) is 1. The molecule has 0 spiro atoms. The van der Waals surface area contributed by atoms with Crippen molar-refractivity contribution in [3.05, 3.63) is 28.8 Å². The lowest BCUT2D eigenvalue weighted by Crippen LogP contribution is -2.20. The Bertz CT molecular complexity index is 416. The average Bonchev–Trinajstić information content (AvgIpc) is 2.30. The van der Waals surface area contributed by atoms with E-state index < -0.39 is 0 Å². The Morgan fingerprint density at radius 2 is 2.00 bits per heavy atom. The van der Waals surface area contributed by atoms with Crippen LogP contribution in [0.3, 0.4) is 0 Å². The van der Waals surface area contributed by atoms with Gasteiger partial charge in [0.1, 0.15) is 0 Å². The summed E-state index contributed by atoms with van der Waals surface area (Å²) in [4.78, 5) is 0. The van der Waals surface area contributed by atoms with Gasteiger partial charge in [-0.05, 0) is 56.1 Å². The van der Waals surface area contributed by atoms with Gasteiger partial charge in [0.15, 0.2) is 5.05 Å². The van der Waals surface area contributed by atoms with Gasteiger partial charge in [-0.1, -0.05) is 18.0 Å². The monoisotopic (exact) mass is 269 g/mol. The standard InChI is InChI=1S/C13H16ClNOS/c14-12-8-9(15)6-7-11(12)13(17)16-10-4-2-1-3-5-10/h6-8,10H,1-5,15H2. The quantitative estimate of drug-likeness (QED) is 0.652. The van der Waals surface area contributed by atoms with Crippen molar-refractivity contribution >= 4 is 34.6 Å². The molecule has 0 amide bonds. The fraction of sp³-hybridized carbons (Fsp3) is 0.462. The van der Waals surface area contributed by atoms with E-state index in [1.54, 1.807) is 12.1 Å². The van der Waals surface area contributed by atoms with Crippen molar-refractivity contribution in [3.8, 4) is 0 Å². The van der Waals surface area contributed by atoms with Crippen molar-refractivity contribution in [1.82, 2.24) is 0 Å². The predicted molar refractivity (Wildman–Crippen MR) is 75.5 cm³/mol. The molecule has 0 radical (unpaired) electrons. The molecule has 0 bridgehead atoms. The van der Waals surface area contributed by atoms with Crippen LogP contribution in [-0.2, 0) is 4.74 Å². The van der Waals surface area contributed by atoms with Crippen LogP contribution in [0.15, 0.2) is 18.2 Å². The summed E-state index contributed by atoms with van der Waals surface area (Å²) in [6.45, 7) is 0. The number of benzene rings is 1. The van der Waals surface area contributed by atoms with Gasteiger partial charge >= 0.3 is 0 Å². The second-order valence-corrected chi connectivity index (χ2v) is 5.18. The van der Waals surface area contributed by atoms with Crippen LogP contribution in [0.5, 0.6) is 0 Å². The Balaban J connectivity index is 2.03. The molecule has 1 fully saturated rings. The van der Waals surface area contributed by atoms with Crippen molar-refractivity contribution < 1.29 is 4.74 Å². The molecule has 1 aromatic carbocycles. The molecule has 0 aromatic heterocycles. The van der Waals surface area contributed by atoms with E-state index in [4.69, 9.17) is 34.3 Å². The lowest BCUT2D eigenvalue weighted by molar-refractivity contribution is 0.148. The zero-order valence-electron chi connectivity index (χ0n) is 9.62. The molecule has 0 heterocycles. The summed E-state index contributed by atoms with van der Waals surface area (Å²) in [5.74, 6) is 0. The Kier molecular flexibility index (Phi) is 4.24. The molecule has 2 rings (SSSR count). The van der Waals surface area contributed by atoms with Crippen LogP contribution in [0.1, 0.15) is 37.7 Å². The van der Waals surface area contributed by atoms with Crippen LogP contribution in [0.2, 0.25) is 5.02 Å². The zero-order valence-corrected chi connectivity index (χ0v) is 11.2. The highest BCUT2D eigenvalue weighted by molar-refractivity contribution is 7.80. The second-order valence-electron chi connectivity index (χ2n) is 4.40. The SMILES string of the molecule is Nc1ccc(C(=S)OC2CCCCC2)c(Cl)c1. The van der Waals surface area contributed by atoms with Gasteiger partial charge in [-0.15, -0.1) is 0 Å². The Labute approximate surface area is 112 Å². The lowest BCUT2D eigenvalue weighted by Gasteiger charge is -2.23.